The van der Waals surface area contributed by atoms with Crippen molar-refractivity contribution in [2.75, 3.05) is 25.2 Å². The van der Waals surface area contributed by atoms with Crippen LogP contribution in [0.4, 0.5) is 0 Å². The zero-order chi connectivity index (χ0) is 26.3. The minimum absolute atomic E-state index is 0.212. The molecule has 5 atom stereocenters. The molecule has 0 bridgehead atoms. The van der Waals surface area contributed by atoms with Crippen molar-refractivity contribution in [1.29, 1.82) is 0 Å². The highest BCUT2D eigenvalue weighted by Crippen LogP contribution is 2.20. The first kappa shape index (κ1) is 29.8. The van der Waals surface area contributed by atoms with Crippen molar-refractivity contribution in [2.45, 2.75) is 57.8 Å². The Morgan fingerprint density at radius 2 is 1.91 bits per heavy atom. The van der Waals surface area contributed by atoms with Crippen LogP contribution in [0.3, 0.4) is 0 Å². The van der Waals surface area contributed by atoms with E-state index in [-0.39, 0.29) is 28.2 Å². The van der Waals surface area contributed by atoms with Crippen molar-refractivity contribution in [3.63, 3.8) is 0 Å². The normalized spacial score (nSPS) is 20.9. The van der Waals surface area contributed by atoms with Crippen molar-refractivity contribution >= 4 is 46.8 Å². The first-order chi connectivity index (χ1) is 16.3. The number of hydrogen-bond acceptors (Lipinski definition) is 8. The fourth-order valence-corrected chi connectivity index (χ4v) is 4.89. The Kier molecular flexibility index (Phi) is 11.3. The number of nitrogens with one attached hydrogen (secondary N) is 1. The predicted molar refractivity (Wildman–Crippen MR) is 136 cm³/mol. The van der Waals surface area contributed by atoms with E-state index in [1.807, 2.05) is 20.8 Å². The van der Waals surface area contributed by atoms with Gasteiger partial charge < -0.3 is 30.3 Å². The molecule has 1 unspecified atom stereocenters. The van der Waals surface area contributed by atoms with E-state index in [1.54, 1.807) is 23.1 Å². The standard InChI is InChI=1S/C23H33Cl2N3O6S/c1-23(2,3)6-5-15(29)18(30)19(31)20(34-4)21(32)26-14-12-35-8-7-28(22(14)33)11-13-9-16(24)27-17(25)10-13/h5-6,9-10,14-15,18-20,29-31H,7-8,11-12H2,1-4H3,(H,26,32)/t14?,15-,18+,19-,20-/m1/s1. The number of pyridine rings is 1. The number of aromatic nitrogens is 1. The average Bonchev–Trinajstić information content (AvgIpc) is 2.92. The maximum absolute atomic E-state index is 13.2. The van der Waals surface area contributed by atoms with Gasteiger partial charge in [0, 0.05) is 31.7 Å². The maximum Gasteiger partial charge on any atom is 0.252 e. The molecule has 4 N–H and O–H groups in total. The fourth-order valence-electron chi connectivity index (χ4n) is 3.40. The Morgan fingerprint density at radius 3 is 2.49 bits per heavy atom. The van der Waals surface area contributed by atoms with Gasteiger partial charge in [0.05, 0.1) is 0 Å². The van der Waals surface area contributed by atoms with Gasteiger partial charge in [0.25, 0.3) is 5.91 Å². The Labute approximate surface area is 219 Å². The van der Waals surface area contributed by atoms with Crippen LogP contribution >= 0.6 is 35.0 Å². The summed E-state index contributed by atoms with van der Waals surface area (Å²) in [6.45, 7) is 6.41. The molecule has 2 heterocycles. The summed E-state index contributed by atoms with van der Waals surface area (Å²) in [7, 11) is 1.20. The molecule has 1 saturated heterocycles. The number of carbonyl (C=O) groups excluding carboxylic acids is 2. The highest BCUT2D eigenvalue weighted by Gasteiger charge is 2.38. The van der Waals surface area contributed by atoms with Gasteiger partial charge in [-0.25, -0.2) is 4.98 Å². The number of carbonyl (C=O) groups is 2. The molecule has 0 aliphatic carbocycles. The van der Waals surface area contributed by atoms with Gasteiger partial charge >= 0.3 is 0 Å². The third-order valence-electron chi connectivity index (χ3n) is 5.23. The number of methoxy groups -OCH3 is 1. The van der Waals surface area contributed by atoms with Gasteiger partial charge in [0.15, 0.2) is 6.10 Å². The molecule has 0 saturated carbocycles. The molecule has 1 aliphatic rings. The fraction of sp³-hybridized carbons (Fsp3) is 0.609. The van der Waals surface area contributed by atoms with E-state index in [2.05, 4.69) is 10.3 Å². The second-order valence-electron chi connectivity index (χ2n) is 9.37. The number of hydrogen-bond donors (Lipinski definition) is 4. The lowest BCUT2D eigenvalue weighted by molar-refractivity contribution is -0.151. The summed E-state index contributed by atoms with van der Waals surface area (Å²) in [6, 6.07) is 2.35. The van der Waals surface area contributed by atoms with Crippen LogP contribution in [0.2, 0.25) is 10.3 Å². The predicted octanol–water partition coefficient (Wildman–Crippen LogP) is 1.65. The second-order valence-corrected chi connectivity index (χ2v) is 11.3. The molecule has 0 radical (unpaired) electrons. The number of ether oxygens (including phenoxy) is 1. The Balaban J connectivity index is 2.08. The molecule has 1 aliphatic heterocycles. The Hall–Kier alpha value is -1.40. The zero-order valence-electron chi connectivity index (χ0n) is 20.1. The number of rotatable bonds is 9. The summed E-state index contributed by atoms with van der Waals surface area (Å²) in [5, 5.41) is 34.2. The lowest BCUT2D eigenvalue weighted by Crippen LogP contribution is -2.56. The smallest absolute Gasteiger partial charge is 0.252 e. The van der Waals surface area contributed by atoms with Crippen LogP contribution in [0.15, 0.2) is 24.3 Å². The number of allylic oxidation sites excluding steroid dienone is 1. The molecule has 0 aromatic carbocycles. The van der Waals surface area contributed by atoms with Gasteiger partial charge in [0.2, 0.25) is 5.91 Å². The van der Waals surface area contributed by atoms with Crippen LogP contribution in [-0.2, 0) is 20.9 Å². The monoisotopic (exact) mass is 549 g/mol. The minimum Gasteiger partial charge on any atom is -0.387 e. The molecule has 12 heteroatoms. The molecule has 1 fully saturated rings. The summed E-state index contributed by atoms with van der Waals surface area (Å²) in [6.07, 6.45) is -3.28. The van der Waals surface area contributed by atoms with Crippen molar-refractivity contribution in [3.8, 4) is 0 Å². The molecule has 2 rings (SSSR count). The number of amides is 2. The zero-order valence-corrected chi connectivity index (χ0v) is 22.5. The highest BCUT2D eigenvalue weighted by atomic mass is 35.5. The Bertz CT molecular complexity index is 893. The van der Waals surface area contributed by atoms with E-state index in [0.717, 1.165) is 0 Å². The van der Waals surface area contributed by atoms with Crippen LogP contribution in [0, 0.1) is 5.41 Å². The molecular weight excluding hydrogens is 517 g/mol. The van der Waals surface area contributed by atoms with E-state index >= 15 is 0 Å². The van der Waals surface area contributed by atoms with Gasteiger partial charge in [-0.2, -0.15) is 11.8 Å². The summed E-state index contributed by atoms with van der Waals surface area (Å²) in [4.78, 5) is 31.6. The molecule has 196 valence electrons. The highest BCUT2D eigenvalue weighted by molar-refractivity contribution is 7.99. The molecule has 1 aromatic rings. The van der Waals surface area contributed by atoms with Crippen molar-refractivity contribution in [1.82, 2.24) is 15.2 Å². The van der Waals surface area contributed by atoms with Crippen molar-refractivity contribution in [2.24, 2.45) is 5.41 Å². The maximum atomic E-state index is 13.2. The van der Waals surface area contributed by atoms with Gasteiger partial charge in [-0.05, 0) is 23.1 Å². The third kappa shape index (κ3) is 9.20. The summed E-state index contributed by atoms with van der Waals surface area (Å²) in [5.41, 5.74) is 0.450. The topological polar surface area (TPSA) is 132 Å². The quantitative estimate of drug-likeness (QED) is 0.270. The lowest BCUT2D eigenvalue weighted by atomic mass is 9.94. The number of nitrogens with zero attached hydrogens (tertiary/aromatic N) is 2. The van der Waals surface area contributed by atoms with Crippen LogP contribution < -0.4 is 5.32 Å². The van der Waals surface area contributed by atoms with Crippen LogP contribution in [0.1, 0.15) is 26.3 Å². The summed E-state index contributed by atoms with van der Waals surface area (Å²) in [5.74, 6) is -0.107. The number of thioether (sulfide) groups is 1. The molecule has 1 aromatic heterocycles. The average molecular weight is 551 g/mol. The van der Waals surface area contributed by atoms with Gasteiger partial charge in [0.1, 0.15) is 34.7 Å². The molecule has 0 spiro atoms. The van der Waals surface area contributed by atoms with Crippen molar-refractivity contribution < 1.29 is 29.6 Å². The first-order valence-corrected chi connectivity index (χ1v) is 13.0. The SMILES string of the molecule is CO[C@@H](C(=O)NC1CSCCN(Cc2cc(Cl)nc(Cl)c2)C1=O)[C@H](O)[C@@H](O)[C@H](O)C=CC(C)(C)C. The van der Waals surface area contributed by atoms with Gasteiger partial charge in [-0.1, -0.05) is 56.1 Å². The minimum atomic E-state index is -1.73. The van der Waals surface area contributed by atoms with E-state index in [1.165, 1.54) is 24.9 Å². The van der Waals surface area contributed by atoms with Crippen LogP contribution in [-0.4, -0.2) is 92.6 Å². The first-order valence-electron chi connectivity index (χ1n) is 11.1. The molecule has 35 heavy (non-hydrogen) atoms. The summed E-state index contributed by atoms with van der Waals surface area (Å²) < 4.78 is 5.12. The van der Waals surface area contributed by atoms with Gasteiger partial charge in [-0.15, -0.1) is 0 Å². The van der Waals surface area contributed by atoms with Gasteiger partial charge in [-0.3, -0.25) is 9.59 Å². The molecular formula is C23H33Cl2N3O6S. The van der Waals surface area contributed by atoms with E-state index in [0.29, 0.717) is 23.6 Å². The second kappa shape index (κ2) is 13.2. The van der Waals surface area contributed by atoms with Crippen LogP contribution in [0.5, 0.6) is 0 Å². The molecule has 2 amide bonds. The number of halogens is 2. The third-order valence-corrected chi connectivity index (χ3v) is 6.66. The van der Waals surface area contributed by atoms with Crippen LogP contribution in [0.25, 0.3) is 0 Å². The van der Waals surface area contributed by atoms with Crippen molar-refractivity contribution in [3.05, 3.63) is 40.2 Å². The number of aliphatic hydroxyl groups excluding tert-OH is 3. The lowest BCUT2D eigenvalue weighted by Gasteiger charge is -2.29. The number of aliphatic hydroxyl groups is 3. The summed E-state index contributed by atoms with van der Waals surface area (Å²) >= 11 is 13.4. The van der Waals surface area contributed by atoms with E-state index in [9.17, 15) is 24.9 Å². The largest absolute Gasteiger partial charge is 0.387 e. The van der Waals surface area contributed by atoms with E-state index < -0.39 is 36.4 Å². The Morgan fingerprint density at radius 1 is 1.29 bits per heavy atom. The molecule has 9 nitrogen and oxygen atoms in total. The van der Waals surface area contributed by atoms with E-state index in [4.69, 9.17) is 27.9 Å².